The maximum absolute atomic E-state index is 11.4. The van der Waals surface area contributed by atoms with Crippen molar-refractivity contribution in [3.05, 3.63) is 23.0 Å². The standard InChI is InChI=1S/C10H11N5O3S/c1-3-18-9(17)8-12-13-10(19-8)15-5-4-6(14-15)7(16)11-2/h4-5H,3H2,1-2H3,(H,11,16). The molecule has 2 aromatic heterocycles. The molecule has 0 fully saturated rings. The molecule has 0 bridgehead atoms. The zero-order valence-electron chi connectivity index (χ0n) is 10.3. The smallest absolute Gasteiger partial charge is 0.369 e. The zero-order chi connectivity index (χ0) is 13.8. The summed E-state index contributed by atoms with van der Waals surface area (Å²) in [6.07, 6.45) is 1.57. The predicted molar refractivity (Wildman–Crippen MR) is 66.4 cm³/mol. The van der Waals surface area contributed by atoms with Gasteiger partial charge in [-0.05, 0) is 13.0 Å². The van der Waals surface area contributed by atoms with Crippen molar-refractivity contribution in [1.29, 1.82) is 0 Å². The van der Waals surface area contributed by atoms with E-state index in [2.05, 4.69) is 20.6 Å². The van der Waals surface area contributed by atoms with Crippen LogP contribution in [0.4, 0.5) is 0 Å². The van der Waals surface area contributed by atoms with Crippen LogP contribution in [-0.2, 0) is 4.74 Å². The van der Waals surface area contributed by atoms with Crippen LogP contribution in [0.3, 0.4) is 0 Å². The van der Waals surface area contributed by atoms with Crippen molar-refractivity contribution in [2.45, 2.75) is 6.92 Å². The third-order valence-corrected chi connectivity index (χ3v) is 3.00. The SMILES string of the molecule is CCOC(=O)c1nnc(-n2ccc(C(=O)NC)n2)s1. The predicted octanol–water partition coefficient (Wildman–Crippen LogP) is 0.260. The molecule has 0 aromatic carbocycles. The van der Waals surface area contributed by atoms with Crippen LogP contribution in [0.25, 0.3) is 5.13 Å². The van der Waals surface area contributed by atoms with Gasteiger partial charge in [0.1, 0.15) is 0 Å². The molecule has 9 heteroatoms. The van der Waals surface area contributed by atoms with Crippen molar-refractivity contribution in [3.63, 3.8) is 0 Å². The van der Waals surface area contributed by atoms with Crippen molar-refractivity contribution < 1.29 is 14.3 Å². The first kappa shape index (κ1) is 13.1. The summed E-state index contributed by atoms with van der Waals surface area (Å²) in [7, 11) is 1.52. The van der Waals surface area contributed by atoms with Crippen LogP contribution in [-0.4, -0.2) is 45.5 Å². The molecule has 0 saturated carbocycles. The fourth-order valence-corrected chi connectivity index (χ4v) is 1.94. The number of carbonyl (C=O) groups is 2. The van der Waals surface area contributed by atoms with Gasteiger partial charge in [0.15, 0.2) is 5.69 Å². The van der Waals surface area contributed by atoms with Crippen LogP contribution in [0.5, 0.6) is 0 Å². The summed E-state index contributed by atoms with van der Waals surface area (Å²) in [4.78, 5) is 22.8. The second-order valence-corrected chi connectivity index (χ2v) is 4.29. The summed E-state index contributed by atoms with van der Waals surface area (Å²) in [5.41, 5.74) is 0.260. The second kappa shape index (κ2) is 5.57. The lowest BCUT2D eigenvalue weighted by Gasteiger charge is -1.95. The van der Waals surface area contributed by atoms with Crippen molar-refractivity contribution in [3.8, 4) is 5.13 Å². The fourth-order valence-electron chi connectivity index (χ4n) is 1.26. The number of rotatable bonds is 4. The van der Waals surface area contributed by atoms with Gasteiger partial charge in [0.05, 0.1) is 6.61 Å². The maximum atomic E-state index is 11.4. The number of aromatic nitrogens is 4. The van der Waals surface area contributed by atoms with Crippen LogP contribution < -0.4 is 5.32 Å². The Hall–Kier alpha value is -2.29. The van der Waals surface area contributed by atoms with Crippen LogP contribution in [0.2, 0.25) is 0 Å². The normalized spacial score (nSPS) is 10.2. The van der Waals surface area contributed by atoms with Crippen molar-refractivity contribution in [1.82, 2.24) is 25.3 Å². The summed E-state index contributed by atoms with van der Waals surface area (Å²) in [6.45, 7) is 1.99. The van der Waals surface area contributed by atoms with E-state index in [-0.39, 0.29) is 23.2 Å². The Labute approximate surface area is 112 Å². The number of esters is 1. The fraction of sp³-hybridized carbons (Fsp3) is 0.300. The monoisotopic (exact) mass is 281 g/mol. The number of carbonyl (C=O) groups excluding carboxylic acids is 2. The quantitative estimate of drug-likeness (QED) is 0.807. The third-order valence-electron chi connectivity index (χ3n) is 2.11. The van der Waals surface area contributed by atoms with Gasteiger partial charge < -0.3 is 10.1 Å². The molecule has 1 N–H and O–H groups in total. The minimum atomic E-state index is -0.523. The van der Waals surface area contributed by atoms with E-state index < -0.39 is 5.97 Å². The Bertz CT molecular complexity index is 606. The molecule has 2 aromatic rings. The Balaban J connectivity index is 2.21. The molecule has 0 radical (unpaired) electrons. The Morgan fingerprint density at radius 1 is 1.47 bits per heavy atom. The number of ether oxygens (including phenoxy) is 1. The lowest BCUT2D eigenvalue weighted by Crippen LogP contribution is -2.18. The molecule has 2 heterocycles. The van der Waals surface area contributed by atoms with Gasteiger partial charge in [0.25, 0.3) is 5.91 Å². The topological polar surface area (TPSA) is 99.0 Å². The Morgan fingerprint density at radius 3 is 2.95 bits per heavy atom. The van der Waals surface area contributed by atoms with Gasteiger partial charge in [0, 0.05) is 13.2 Å². The van der Waals surface area contributed by atoms with Crippen molar-refractivity contribution >= 4 is 23.2 Å². The van der Waals surface area contributed by atoms with Crippen LogP contribution in [0.15, 0.2) is 12.3 Å². The molecule has 2 rings (SSSR count). The van der Waals surface area contributed by atoms with Gasteiger partial charge in [-0.25, -0.2) is 9.48 Å². The summed E-state index contributed by atoms with van der Waals surface area (Å²) in [6, 6.07) is 1.55. The van der Waals surface area contributed by atoms with Crippen LogP contribution in [0, 0.1) is 0 Å². The zero-order valence-corrected chi connectivity index (χ0v) is 11.1. The average Bonchev–Trinajstić information content (AvgIpc) is 3.06. The average molecular weight is 281 g/mol. The van der Waals surface area contributed by atoms with Gasteiger partial charge in [-0.15, -0.1) is 10.2 Å². The van der Waals surface area contributed by atoms with Crippen molar-refractivity contribution in [2.75, 3.05) is 13.7 Å². The third kappa shape index (κ3) is 2.76. The summed E-state index contributed by atoms with van der Waals surface area (Å²) in [5, 5.41) is 14.6. The largest absolute Gasteiger partial charge is 0.461 e. The van der Waals surface area contributed by atoms with E-state index in [0.29, 0.717) is 5.13 Å². The molecule has 1 amide bonds. The van der Waals surface area contributed by atoms with E-state index >= 15 is 0 Å². The highest BCUT2D eigenvalue weighted by Crippen LogP contribution is 2.15. The summed E-state index contributed by atoms with van der Waals surface area (Å²) < 4.78 is 6.19. The molecule has 0 aliphatic rings. The van der Waals surface area contributed by atoms with Gasteiger partial charge in [-0.3, -0.25) is 4.79 Å². The van der Waals surface area contributed by atoms with Gasteiger partial charge in [-0.2, -0.15) is 5.10 Å². The maximum Gasteiger partial charge on any atom is 0.369 e. The van der Waals surface area contributed by atoms with E-state index in [1.165, 1.54) is 11.7 Å². The molecule has 0 aliphatic heterocycles. The molecule has 19 heavy (non-hydrogen) atoms. The van der Waals surface area contributed by atoms with E-state index in [1.54, 1.807) is 19.2 Å². The number of nitrogens with zero attached hydrogens (tertiary/aromatic N) is 4. The molecule has 0 saturated heterocycles. The summed E-state index contributed by atoms with van der Waals surface area (Å²) >= 11 is 1.04. The minimum Gasteiger partial charge on any atom is -0.461 e. The first-order valence-electron chi connectivity index (χ1n) is 5.44. The van der Waals surface area contributed by atoms with Gasteiger partial charge in [-0.1, -0.05) is 11.3 Å². The molecule has 100 valence electrons. The van der Waals surface area contributed by atoms with E-state index in [0.717, 1.165) is 11.3 Å². The van der Waals surface area contributed by atoms with Gasteiger partial charge in [0.2, 0.25) is 10.1 Å². The number of amides is 1. The summed E-state index contributed by atoms with van der Waals surface area (Å²) in [5.74, 6) is -0.821. The molecule has 0 aliphatic carbocycles. The van der Waals surface area contributed by atoms with Crippen LogP contribution >= 0.6 is 11.3 Å². The number of hydrogen-bond donors (Lipinski definition) is 1. The number of hydrogen-bond acceptors (Lipinski definition) is 7. The highest BCUT2D eigenvalue weighted by molar-refractivity contribution is 7.15. The van der Waals surface area contributed by atoms with E-state index in [1.807, 2.05) is 0 Å². The Morgan fingerprint density at radius 2 is 2.26 bits per heavy atom. The van der Waals surface area contributed by atoms with Gasteiger partial charge >= 0.3 is 5.97 Å². The minimum absolute atomic E-state index is 0.147. The number of nitrogens with one attached hydrogen (secondary N) is 1. The molecule has 0 unspecified atom stereocenters. The van der Waals surface area contributed by atoms with E-state index in [4.69, 9.17) is 4.74 Å². The highest BCUT2D eigenvalue weighted by Gasteiger charge is 2.16. The molecule has 8 nitrogen and oxygen atoms in total. The highest BCUT2D eigenvalue weighted by atomic mass is 32.1. The molecular formula is C10H11N5O3S. The van der Waals surface area contributed by atoms with Crippen LogP contribution in [0.1, 0.15) is 27.2 Å². The molecular weight excluding hydrogens is 270 g/mol. The Kier molecular flexibility index (Phi) is 3.85. The molecule has 0 spiro atoms. The molecule has 0 atom stereocenters. The lowest BCUT2D eigenvalue weighted by atomic mass is 10.4. The first-order chi connectivity index (χ1) is 9.15. The second-order valence-electron chi connectivity index (χ2n) is 3.33. The first-order valence-corrected chi connectivity index (χ1v) is 6.26. The van der Waals surface area contributed by atoms with Crippen molar-refractivity contribution in [2.24, 2.45) is 0 Å². The lowest BCUT2D eigenvalue weighted by molar-refractivity contribution is 0.0525. The van der Waals surface area contributed by atoms with E-state index in [9.17, 15) is 9.59 Å².